The smallest absolute Gasteiger partial charge is 0.321 e. The molecule has 1 aliphatic rings. The minimum atomic E-state index is 0.230. The maximum absolute atomic E-state index is 9.85. The Bertz CT molecular complexity index is 647. The van der Waals surface area contributed by atoms with Crippen molar-refractivity contribution in [1.82, 2.24) is 15.2 Å². The van der Waals surface area contributed by atoms with Gasteiger partial charge in [-0.25, -0.2) is 4.98 Å². The lowest BCUT2D eigenvalue weighted by Crippen LogP contribution is -2.01. The van der Waals surface area contributed by atoms with Crippen LogP contribution < -0.4 is 5.32 Å². The number of nitrogens with zero attached hydrogens (tertiary/aromatic N) is 3. The third-order valence-corrected chi connectivity index (χ3v) is 3.75. The SMILES string of the molecule is Cc1nc(Nc2nnc(CC3CC3)o2)c(C)c(C)c1O. The van der Waals surface area contributed by atoms with Gasteiger partial charge in [-0.3, -0.25) is 5.32 Å². The molecular formula is C14H18N4O2. The van der Waals surface area contributed by atoms with Gasteiger partial charge in [0, 0.05) is 6.42 Å². The van der Waals surface area contributed by atoms with Gasteiger partial charge in [0.05, 0.1) is 5.69 Å². The Kier molecular flexibility index (Phi) is 3.08. The van der Waals surface area contributed by atoms with Crippen molar-refractivity contribution in [2.45, 2.75) is 40.0 Å². The maximum atomic E-state index is 9.85. The van der Waals surface area contributed by atoms with E-state index in [-0.39, 0.29) is 5.75 Å². The van der Waals surface area contributed by atoms with Crippen molar-refractivity contribution in [3.8, 4) is 5.75 Å². The van der Waals surface area contributed by atoms with Gasteiger partial charge in [0.2, 0.25) is 5.89 Å². The van der Waals surface area contributed by atoms with Crippen LogP contribution in [0.3, 0.4) is 0 Å². The normalized spacial score (nSPS) is 14.6. The fourth-order valence-electron chi connectivity index (χ4n) is 2.11. The highest BCUT2D eigenvalue weighted by Crippen LogP contribution is 2.33. The van der Waals surface area contributed by atoms with Gasteiger partial charge in [-0.1, -0.05) is 5.10 Å². The van der Waals surface area contributed by atoms with Crippen LogP contribution in [-0.4, -0.2) is 20.3 Å². The van der Waals surface area contributed by atoms with E-state index in [9.17, 15) is 5.11 Å². The molecule has 2 aromatic rings. The second-order valence-electron chi connectivity index (χ2n) is 5.42. The Balaban J connectivity index is 1.81. The molecule has 0 unspecified atom stereocenters. The minimum Gasteiger partial charge on any atom is -0.506 e. The molecule has 0 atom stereocenters. The Hall–Kier alpha value is -2.11. The van der Waals surface area contributed by atoms with Crippen LogP contribution in [0.1, 0.15) is 35.6 Å². The van der Waals surface area contributed by atoms with Gasteiger partial charge in [0.15, 0.2) is 0 Å². The molecular weight excluding hydrogens is 256 g/mol. The summed E-state index contributed by atoms with van der Waals surface area (Å²) in [5.74, 6) is 2.24. The van der Waals surface area contributed by atoms with Crippen LogP contribution in [0.4, 0.5) is 11.8 Å². The molecule has 1 fully saturated rings. The van der Waals surface area contributed by atoms with Gasteiger partial charge < -0.3 is 9.52 Å². The van der Waals surface area contributed by atoms with Gasteiger partial charge in [0.25, 0.3) is 0 Å². The highest BCUT2D eigenvalue weighted by atomic mass is 16.4. The summed E-state index contributed by atoms with van der Waals surface area (Å²) in [4.78, 5) is 4.32. The van der Waals surface area contributed by atoms with E-state index in [1.54, 1.807) is 6.92 Å². The average Bonchev–Trinajstić information content (AvgIpc) is 3.12. The first kappa shape index (κ1) is 12.9. The van der Waals surface area contributed by atoms with Gasteiger partial charge >= 0.3 is 6.01 Å². The zero-order valence-corrected chi connectivity index (χ0v) is 11.9. The fraction of sp³-hybridized carbons (Fsp3) is 0.500. The topological polar surface area (TPSA) is 84.1 Å². The molecule has 0 spiro atoms. The number of pyridine rings is 1. The molecule has 6 nitrogen and oxygen atoms in total. The average molecular weight is 274 g/mol. The Morgan fingerprint density at radius 2 is 1.95 bits per heavy atom. The van der Waals surface area contributed by atoms with Gasteiger partial charge in [0.1, 0.15) is 11.6 Å². The highest BCUT2D eigenvalue weighted by molar-refractivity contribution is 5.58. The van der Waals surface area contributed by atoms with Crippen molar-refractivity contribution in [1.29, 1.82) is 0 Å². The van der Waals surface area contributed by atoms with Crippen LogP contribution in [-0.2, 0) is 6.42 Å². The molecule has 0 saturated heterocycles. The molecule has 0 bridgehead atoms. The summed E-state index contributed by atoms with van der Waals surface area (Å²) < 4.78 is 5.57. The lowest BCUT2D eigenvalue weighted by Gasteiger charge is -2.11. The molecule has 1 aliphatic carbocycles. The van der Waals surface area contributed by atoms with Crippen LogP contribution >= 0.6 is 0 Å². The highest BCUT2D eigenvalue weighted by Gasteiger charge is 2.24. The van der Waals surface area contributed by atoms with Gasteiger partial charge in [-0.2, -0.15) is 0 Å². The summed E-state index contributed by atoms with van der Waals surface area (Å²) in [6.07, 6.45) is 3.36. The minimum absolute atomic E-state index is 0.230. The monoisotopic (exact) mass is 274 g/mol. The summed E-state index contributed by atoms with van der Waals surface area (Å²) in [6, 6.07) is 0.348. The van der Waals surface area contributed by atoms with Crippen molar-refractivity contribution in [3.63, 3.8) is 0 Å². The summed E-state index contributed by atoms with van der Waals surface area (Å²) in [6.45, 7) is 5.52. The van der Waals surface area contributed by atoms with Crippen molar-refractivity contribution in [2.75, 3.05) is 5.32 Å². The van der Waals surface area contributed by atoms with E-state index in [2.05, 4.69) is 20.5 Å². The van der Waals surface area contributed by atoms with E-state index in [1.807, 2.05) is 13.8 Å². The Morgan fingerprint density at radius 1 is 1.20 bits per heavy atom. The third-order valence-electron chi connectivity index (χ3n) is 3.75. The molecule has 0 radical (unpaired) electrons. The number of aromatic hydroxyl groups is 1. The molecule has 1 saturated carbocycles. The molecule has 0 amide bonds. The quantitative estimate of drug-likeness (QED) is 0.891. The molecule has 2 N–H and O–H groups in total. The van der Waals surface area contributed by atoms with Crippen LogP contribution in [0.15, 0.2) is 4.42 Å². The third kappa shape index (κ3) is 2.45. The lowest BCUT2D eigenvalue weighted by atomic mass is 10.1. The van der Waals surface area contributed by atoms with Crippen molar-refractivity contribution in [2.24, 2.45) is 5.92 Å². The number of hydrogen-bond donors (Lipinski definition) is 2. The molecule has 2 aromatic heterocycles. The molecule has 0 aromatic carbocycles. The van der Waals surface area contributed by atoms with Crippen molar-refractivity contribution >= 4 is 11.8 Å². The molecule has 106 valence electrons. The number of rotatable bonds is 4. The predicted molar refractivity (Wildman–Crippen MR) is 74.1 cm³/mol. The maximum Gasteiger partial charge on any atom is 0.321 e. The zero-order valence-electron chi connectivity index (χ0n) is 11.9. The first-order chi connectivity index (χ1) is 9.54. The van der Waals surface area contributed by atoms with Crippen molar-refractivity contribution in [3.05, 3.63) is 22.7 Å². The molecule has 20 heavy (non-hydrogen) atoms. The summed E-state index contributed by atoms with van der Waals surface area (Å²) in [5.41, 5.74) is 2.25. The second kappa shape index (κ2) is 4.77. The van der Waals surface area contributed by atoms with E-state index in [0.29, 0.717) is 29.3 Å². The van der Waals surface area contributed by atoms with Crippen LogP contribution in [0, 0.1) is 26.7 Å². The second-order valence-corrected chi connectivity index (χ2v) is 5.42. The first-order valence-corrected chi connectivity index (χ1v) is 6.80. The van der Waals surface area contributed by atoms with E-state index < -0.39 is 0 Å². The molecule has 6 heteroatoms. The number of nitrogens with one attached hydrogen (secondary N) is 1. The van der Waals surface area contributed by atoms with Crippen molar-refractivity contribution < 1.29 is 9.52 Å². The molecule has 2 heterocycles. The van der Waals surface area contributed by atoms with E-state index in [4.69, 9.17) is 4.42 Å². The fourth-order valence-corrected chi connectivity index (χ4v) is 2.11. The number of aryl methyl sites for hydroxylation is 1. The van der Waals surface area contributed by atoms with Crippen LogP contribution in [0.25, 0.3) is 0 Å². The number of aromatic nitrogens is 3. The van der Waals surface area contributed by atoms with E-state index >= 15 is 0 Å². The standard InChI is InChI=1S/C14H18N4O2/c1-7-8(2)13(15-9(3)12(7)19)16-14-18-17-11(20-14)6-10-4-5-10/h10,19H,4-6H2,1-3H3,(H,15,16,18). The van der Waals surface area contributed by atoms with E-state index in [1.165, 1.54) is 12.8 Å². The number of anilines is 2. The summed E-state index contributed by atoms with van der Waals surface area (Å²) in [5, 5.41) is 20.9. The Morgan fingerprint density at radius 3 is 2.65 bits per heavy atom. The van der Waals surface area contributed by atoms with Gasteiger partial charge in [-0.15, -0.1) is 5.10 Å². The first-order valence-electron chi connectivity index (χ1n) is 6.80. The molecule has 0 aliphatic heterocycles. The zero-order chi connectivity index (χ0) is 14.3. The largest absolute Gasteiger partial charge is 0.506 e. The van der Waals surface area contributed by atoms with Gasteiger partial charge in [-0.05, 0) is 50.7 Å². The number of hydrogen-bond acceptors (Lipinski definition) is 6. The molecule has 3 rings (SSSR count). The lowest BCUT2D eigenvalue weighted by molar-refractivity contribution is 0.462. The Labute approximate surface area is 117 Å². The van der Waals surface area contributed by atoms with Crippen LogP contribution in [0.5, 0.6) is 5.75 Å². The summed E-state index contributed by atoms with van der Waals surface area (Å²) in [7, 11) is 0. The summed E-state index contributed by atoms with van der Waals surface area (Å²) >= 11 is 0. The van der Waals surface area contributed by atoms with E-state index in [0.717, 1.165) is 17.5 Å². The predicted octanol–water partition coefficient (Wildman–Crippen LogP) is 2.79. The van der Waals surface area contributed by atoms with Crippen LogP contribution in [0.2, 0.25) is 0 Å².